The van der Waals surface area contributed by atoms with Crippen molar-refractivity contribution in [3.8, 4) is 0 Å². The highest BCUT2D eigenvalue weighted by Gasteiger charge is 2.44. The SMILES string of the molecule is CN=C(NCCCn1cccn1)NCC1(c2cccc(F)c2)CC1. The van der Waals surface area contributed by atoms with Crippen molar-refractivity contribution in [1.29, 1.82) is 0 Å². The number of halogens is 1. The standard InChI is InChI=1S/C18H24FN5/c1-20-17(21-9-3-11-24-12-4-10-23-24)22-14-18(7-8-18)15-5-2-6-16(19)13-15/h2,4-6,10,12-13H,3,7-9,11,14H2,1H3,(H2,20,21,22). The molecule has 1 aromatic heterocycles. The van der Waals surface area contributed by atoms with Gasteiger partial charge in [-0.1, -0.05) is 12.1 Å². The zero-order valence-corrected chi connectivity index (χ0v) is 14.0. The zero-order valence-electron chi connectivity index (χ0n) is 14.0. The van der Waals surface area contributed by atoms with Crippen LogP contribution >= 0.6 is 0 Å². The molecule has 1 aliphatic rings. The second-order valence-electron chi connectivity index (χ2n) is 6.27. The molecule has 1 fully saturated rings. The number of aliphatic imine (C=N–C) groups is 1. The summed E-state index contributed by atoms with van der Waals surface area (Å²) in [5.74, 6) is 0.623. The first-order valence-corrected chi connectivity index (χ1v) is 8.40. The highest BCUT2D eigenvalue weighted by molar-refractivity contribution is 5.79. The van der Waals surface area contributed by atoms with E-state index in [4.69, 9.17) is 0 Å². The topological polar surface area (TPSA) is 54.2 Å². The first kappa shape index (κ1) is 16.5. The van der Waals surface area contributed by atoms with Gasteiger partial charge in [-0.15, -0.1) is 0 Å². The molecular formula is C18H24FN5. The molecule has 0 bridgehead atoms. The number of nitrogens with one attached hydrogen (secondary N) is 2. The van der Waals surface area contributed by atoms with Crippen molar-refractivity contribution in [3.05, 3.63) is 54.1 Å². The van der Waals surface area contributed by atoms with E-state index in [-0.39, 0.29) is 11.2 Å². The molecule has 0 atom stereocenters. The summed E-state index contributed by atoms with van der Waals surface area (Å²) < 4.78 is 15.4. The van der Waals surface area contributed by atoms with Crippen LogP contribution in [0.2, 0.25) is 0 Å². The molecule has 128 valence electrons. The summed E-state index contributed by atoms with van der Waals surface area (Å²) in [7, 11) is 1.77. The van der Waals surface area contributed by atoms with E-state index >= 15 is 0 Å². The molecule has 1 heterocycles. The third-order valence-electron chi connectivity index (χ3n) is 4.52. The molecule has 0 spiro atoms. The van der Waals surface area contributed by atoms with Crippen LogP contribution in [0.1, 0.15) is 24.8 Å². The van der Waals surface area contributed by atoms with E-state index in [2.05, 4.69) is 20.7 Å². The minimum Gasteiger partial charge on any atom is -0.356 e. The minimum absolute atomic E-state index is 0.0504. The van der Waals surface area contributed by atoms with Gasteiger partial charge in [-0.2, -0.15) is 5.10 Å². The summed E-state index contributed by atoms with van der Waals surface area (Å²) in [6.07, 6.45) is 6.88. The van der Waals surface area contributed by atoms with Gasteiger partial charge in [0.05, 0.1) is 0 Å². The number of aromatic nitrogens is 2. The van der Waals surface area contributed by atoms with Crippen molar-refractivity contribution in [1.82, 2.24) is 20.4 Å². The van der Waals surface area contributed by atoms with E-state index in [1.165, 1.54) is 6.07 Å². The fourth-order valence-corrected chi connectivity index (χ4v) is 2.89. The Hall–Kier alpha value is -2.37. The van der Waals surface area contributed by atoms with Crippen molar-refractivity contribution in [2.75, 3.05) is 20.1 Å². The van der Waals surface area contributed by atoms with E-state index in [1.807, 2.05) is 23.0 Å². The second-order valence-corrected chi connectivity index (χ2v) is 6.27. The van der Waals surface area contributed by atoms with Gasteiger partial charge in [0.2, 0.25) is 0 Å². The fraction of sp³-hybridized carbons (Fsp3) is 0.444. The molecule has 0 aliphatic heterocycles. The number of hydrogen-bond acceptors (Lipinski definition) is 2. The Labute approximate surface area is 142 Å². The largest absolute Gasteiger partial charge is 0.356 e. The lowest BCUT2D eigenvalue weighted by molar-refractivity contribution is 0.567. The Balaban J connectivity index is 1.44. The summed E-state index contributed by atoms with van der Waals surface area (Å²) in [6, 6.07) is 8.86. The summed E-state index contributed by atoms with van der Waals surface area (Å²) >= 11 is 0. The van der Waals surface area contributed by atoms with Gasteiger partial charge in [0.25, 0.3) is 0 Å². The van der Waals surface area contributed by atoms with Crippen molar-refractivity contribution < 1.29 is 4.39 Å². The average Bonchev–Trinajstić information content (AvgIpc) is 3.21. The highest BCUT2D eigenvalue weighted by atomic mass is 19.1. The highest BCUT2D eigenvalue weighted by Crippen LogP contribution is 2.47. The third-order valence-corrected chi connectivity index (χ3v) is 4.52. The average molecular weight is 329 g/mol. The second kappa shape index (κ2) is 7.47. The Bertz CT molecular complexity index is 676. The fourth-order valence-electron chi connectivity index (χ4n) is 2.89. The predicted molar refractivity (Wildman–Crippen MR) is 93.5 cm³/mol. The first-order valence-electron chi connectivity index (χ1n) is 8.40. The first-order chi connectivity index (χ1) is 11.7. The van der Waals surface area contributed by atoms with Crippen LogP contribution in [0, 0.1) is 5.82 Å². The lowest BCUT2D eigenvalue weighted by atomic mass is 9.96. The Kier molecular flexibility index (Phi) is 5.13. The molecule has 1 saturated carbocycles. The Morgan fingerprint density at radius 3 is 2.88 bits per heavy atom. The molecule has 2 aromatic rings. The molecular weight excluding hydrogens is 305 g/mol. The van der Waals surface area contributed by atoms with E-state index < -0.39 is 0 Å². The quantitative estimate of drug-likeness (QED) is 0.466. The van der Waals surface area contributed by atoms with Crippen LogP contribution in [0.3, 0.4) is 0 Å². The van der Waals surface area contributed by atoms with Crippen molar-refractivity contribution >= 4 is 5.96 Å². The zero-order chi connectivity index (χ0) is 16.8. The van der Waals surface area contributed by atoms with E-state index in [1.54, 1.807) is 25.4 Å². The maximum Gasteiger partial charge on any atom is 0.191 e. The van der Waals surface area contributed by atoms with Crippen molar-refractivity contribution in [3.63, 3.8) is 0 Å². The number of aryl methyl sites for hydroxylation is 1. The number of hydrogen-bond donors (Lipinski definition) is 2. The maximum absolute atomic E-state index is 13.4. The molecule has 0 unspecified atom stereocenters. The molecule has 5 nitrogen and oxygen atoms in total. The van der Waals surface area contributed by atoms with Gasteiger partial charge in [0.15, 0.2) is 5.96 Å². The molecule has 1 aromatic carbocycles. The molecule has 24 heavy (non-hydrogen) atoms. The number of rotatable bonds is 7. The van der Waals surface area contributed by atoms with Gasteiger partial charge in [-0.3, -0.25) is 9.67 Å². The number of guanidine groups is 1. The van der Waals surface area contributed by atoms with E-state index in [0.29, 0.717) is 0 Å². The molecule has 1 aliphatic carbocycles. The Morgan fingerprint density at radius 2 is 2.21 bits per heavy atom. The molecule has 0 amide bonds. The monoisotopic (exact) mass is 329 g/mol. The van der Waals surface area contributed by atoms with Gasteiger partial charge in [0.1, 0.15) is 5.82 Å². The van der Waals surface area contributed by atoms with E-state index in [9.17, 15) is 4.39 Å². The lowest BCUT2D eigenvalue weighted by Crippen LogP contribution is -2.41. The molecule has 0 saturated heterocycles. The van der Waals surface area contributed by atoms with Gasteiger partial charge in [-0.25, -0.2) is 4.39 Å². The third kappa shape index (κ3) is 4.13. The maximum atomic E-state index is 13.4. The Morgan fingerprint density at radius 1 is 1.33 bits per heavy atom. The number of nitrogens with zero attached hydrogens (tertiary/aromatic N) is 3. The summed E-state index contributed by atoms with van der Waals surface area (Å²) in [6.45, 7) is 2.48. The molecule has 3 rings (SSSR count). The van der Waals surface area contributed by atoms with Crippen LogP contribution in [0.4, 0.5) is 4.39 Å². The predicted octanol–water partition coefficient (Wildman–Crippen LogP) is 2.31. The van der Waals surface area contributed by atoms with Gasteiger partial charge < -0.3 is 10.6 Å². The summed E-state index contributed by atoms with van der Waals surface area (Å²) in [5, 5.41) is 10.9. The van der Waals surface area contributed by atoms with Gasteiger partial charge in [-0.05, 0) is 43.0 Å². The van der Waals surface area contributed by atoms with Crippen LogP contribution < -0.4 is 10.6 Å². The minimum atomic E-state index is -0.167. The van der Waals surface area contributed by atoms with Gasteiger partial charge >= 0.3 is 0 Å². The smallest absolute Gasteiger partial charge is 0.191 e. The van der Waals surface area contributed by atoms with Crippen LogP contribution in [0.15, 0.2) is 47.7 Å². The lowest BCUT2D eigenvalue weighted by Gasteiger charge is -2.19. The van der Waals surface area contributed by atoms with Crippen LogP contribution in [0.25, 0.3) is 0 Å². The number of benzene rings is 1. The van der Waals surface area contributed by atoms with Crippen LogP contribution in [0.5, 0.6) is 0 Å². The van der Waals surface area contributed by atoms with Crippen LogP contribution in [-0.2, 0) is 12.0 Å². The normalized spacial score (nSPS) is 16.0. The van der Waals surface area contributed by atoms with Crippen LogP contribution in [-0.4, -0.2) is 35.9 Å². The molecule has 6 heteroatoms. The van der Waals surface area contributed by atoms with Crippen molar-refractivity contribution in [2.24, 2.45) is 4.99 Å². The molecule has 0 radical (unpaired) electrons. The van der Waals surface area contributed by atoms with Crippen molar-refractivity contribution in [2.45, 2.75) is 31.2 Å². The van der Waals surface area contributed by atoms with Gasteiger partial charge in [0, 0.05) is 44.5 Å². The van der Waals surface area contributed by atoms with E-state index in [0.717, 1.165) is 50.4 Å². The summed E-state index contributed by atoms with van der Waals surface area (Å²) in [5.41, 5.74) is 1.12. The summed E-state index contributed by atoms with van der Waals surface area (Å²) in [4.78, 5) is 4.26. The molecule has 2 N–H and O–H groups in total.